The minimum atomic E-state index is -4.42. The summed E-state index contributed by atoms with van der Waals surface area (Å²) >= 11 is 7.00. The van der Waals surface area contributed by atoms with Crippen molar-refractivity contribution in [1.29, 1.82) is 0 Å². The van der Waals surface area contributed by atoms with Crippen molar-refractivity contribution >= 4 is 38.9 Å². The summed E-state index contributed by atoms with van der Waals surface area (Å²) in [6, 6.07) is 14.4. The van der Waals surface area contributed by atoms with Gasteiger partial charge in [0.2, 0.25) is 0 Å². The molecule has 0 saturated heterocycles. The minimum Gasteiger partial charge on any atom is -0.372 e. The second-order valence-electron chi connectivity index (χ2n) is 8.00. The number of thiazole rings is 1. The van der Waals surface area contributed by atoms with Crippen molar-refractivity contribution in [3.8, 4) is 0 Å². The van der Waals surface area contributed by atoms with Crippen molar-refractivity contribution in [2.75, 3.05) is 0 Å². The molecule has 0 amide bonds. The molecule has 4 rings (SSSR count). The Morgan fingerprint density at radius 3 is 2.35 bits per heavy atom. The molecule has 1 heterocycles. The normalized spacial score (nSPS) is 11.0. The first-order valence-electron chi connectivity index (χ1n) is 11.0. The summed E-state index contributed by atoms with van der Waals surface area (Å²) < 4.78 is 58.0. The predicted octanol–water partition coefficient (Wildman–Crippen LogP) is 8.52. The van der Waals surface area contributed by atoms with E-state index in [0.29, 0.717) is 37.8 Å². The molecule has 0 unspecified atom stereocenters. The number of benzene rings is 3. The Morgan fingerprint density at radius 2 is 1.76 bits per heavy atom. The van der Waals surface area contributed by atoms with Crippen LogP contribution in [0.2, 0.25) is 5.02 Å². The third kappa shape index (κ3) is 9.19. The molecule has 0 radical (unpaired) electrons. The molecule has 0 atom stereocenters. The van der Waals surface area contributed by atoms with Crippen LogP contribution in [0.5, 0.6) is 0 Å². The Hall–Kier alpha value is -1.76. The number of rotatable bonds is 6. The van der Waals surface area contributed by atoms with Gasteiger partial charge in [-0.3, -0.25) is 0 Å². The number of ketones is 1. The molecular weight excluding hydrogens is 752 g/mol. The SMILES string of the molecule is CCC(=O)c1[c-]c(C)cc(Cl)c1.Cc1nc2c(COCc3ccc(F)cc3)cc(C(F)(F)F)cc2s1.[U]. The molecule has 0 aliphatic carbocycles. The molecule has 4 aromatic rings. The van der Waals surface area contributed by atoms with Gasteiger partial charge in [-0.15, -0.1) is 52.3 Å². The van der Waals surface area contributed by atoms with Gasteiger partial charge in [-0.25, -0.2) is 9.37 Å². The van der Waals surface area contributed by atoms with Gasteiger partial charge in [-0.2, -0.15) is 13.2 Å². The number of Topliss-reactive ketones (excluding diaryl/α,β-unsaturated/α-hetero) is 1. The summed E-state index contributed by atoms with van der Waals surface area (Å²) in [5.41, 5.74) is 2.45. The van der Waals surface area contributed by atoms with Gasteiger partial charge in [0.05, 0.1) is 39.8 Å². The van der Waals surface area contributed by atoms with Gasteiger partial charge in [0.15, 0.2) is 0 Å². The molecule has 3 nitrogen and oxygen atoms in total. The average Bonchev–Trinajstić information content (AvgIpc) is 3.19. The summed E-state index contributed by atoms with van der Waals surface area (Å²) in [6.45, 7) is 5.63. The zero-order valence-corrected chi connectivity index (χ0v) is 26.0. The van der Waals surface area contributed by atoms with Gasteiger partial charge in [-0.1, -0.05) is 26.0 Å². The molecule has 0 aliphatic heterocycles. The van der Waals surface area contributed by atoms with Gasteiger partial charge >= 0.3 is 6.18 Å². The van der Waals surface area contributed by atoms with Crippen LogP contribution in [0.4, 0.5) is 17.6 Å². The zero-order chi connectivity index (χ0) is 26.5. The fraction of sp³-hybridized carbons (Fsp3) is 0.259. The molecule has 10 heteroatoms. The summed E-state index contributed by atoms with van der Waals surface area (Å²) in [4.78, 5) is 15.5. The van der Waals surface area contributed by atoms with Crippen LogP contribution in [-0.2, 0) is 24.1 Å². The van der Waals surface area contributed by atoms with Crippen LogP contribution in [0.25, 0.3) is 10.2 Å². The van der Waals surface area contributed by atoms with Crippen molar-refractivity contribution < 1.29 is 58.2 Å². The molecule has 0 bridgehead atoms. The van der Waals surface area contributed by atoms with Crippen LogP contribution in [-0.4, -0.2) is 10.8 Å². The maximum Gasteiger partial charge on any atom is 0.416 e. The van der Waals surface area contributed by atoms with Crippen LogP contribution in [0, 0.1) is 56.8 Å². The number of carbonyl (C=O) groups is 1. The number of ether oxygens (including phenoxy) is 1. The third-order valence-corrected chi connectivity index (χ3v) is 6.17. The molecule has 0 saturated carbocycles. The zero-order valence-electron chi connectivity index (χ0n) is 20.3. The Balaban J connectivity index is 0.000000314. The largest absolute Gasteiger partial charge is 0.416 e. The second kappa shape index (κ2) is 13.9. The fourth-order valence-corrected chi connectivity index (χ4v) is 4.54. The van der Waals surface area contributed by atoms with Crippen LogP contribution >= 0.6 is 22.9 Å². The van der Waals surface area contributed by atoms with E-state index in [4.69, 9.17) is 16.3 Å². The number of aromatic nitrogens is 1. The number of hydrogen-bond donors (Lipinski definition) is 0. The quantitative estimate of drug-likeness (QED) is 0.112. The van der Waals surface area contributed by atoms with Gasteiger partial charge in [0, 0.05) is 36.7 Å². The molecular formula is C27H23ClF4NO2SU-. The number of aryl methyl sites for hydroxylation is 2. The Bertz CT molecular complexity index is 1340. The molecule has 1 aromatic heterocycles. The Labute approximate surface area is 245 Å². The van der Waals surface area contributed by atoms with E-state index in [1.54, 1.807) is 31.2 Å². The third-order valence-electron chi connectivity index (χ3n) is 5.04. The molecule has 0 aliphatic rings. The van der Waals surface area contributed by atoms with Gasteiger partial charge in [0.1, 0.15) is 5.82 Å². The number of carbonyl (C=O) groups excluding carboxylic acids is 1. The van der Waals surface area contributed by atoms with Crippen molar-refractivity contribution in [2.24, 2.45) is 0 Å². The number of hydrogen-bond acceptors (Lipinski definition) is 4. The number of nitrogens with zero attached hydrogens (tertiary/aromatic N) is 1. The number of alkyl halides is 3. The standard InChI is InChI=1S/C17H13F4NOS.C10H10ClO.U/c1-10-22-16-12(6-13(17(19,20)21)7-15(16)24-10)9-23-8-11-2-4-14(18)5-3-11;1-3-10(12)8-4-7(2)5-9(11)6-8;/h2-7H,8-9H2,1H3;5-6H,3H2,1-2H3;/q;-1;. The van der Waals surface area contributed by atoms with Crippen molar-refractivity contribution in [2.45, 2.75) is 46.6 Å². The molecule has 194 valence electrons. The maximum atomic E-state index is 13.0. The number of fused-ring (bicyclic) bond motifs is 1. The monoisotopic (exact) mass is 774 g/mol. The predicted molar refractivity (Wildman–Crippen MR) is 134 cm³/mol. The van der Waals surface area contributed by atoms with E-state index in [1.807, 2.05) is 13.8 Å². The average molecular weight is 775 g/mol. The maximum absolute atomic E-state index is 13.0. The minimum absolute atomic E-state index is 0. The van der Waals surface area contributed by atoms with Gasteiger partial charge in [0.25, 0.3) is 0 Å². The molecule has 0 spiro atoms. The first kappa shape index (κ1) is 31.5. The topological polar surface area (TPSA) is 39.2 Å². The summed E-state index contributed by atoms with van der Waals surface area (Å²) in [5, 5.41) is 1.30. The first-order chi connectivity index (χ1) is 17.0. The summed E-state index contributed by atoms with van der Waals surface area (Å²) in [5.74, 6) is -0.267. The van der Waals surface area contributed by atoms with Crippen molar-refractivity contribution in [3.63, 3.8) is 0 Å². The van der Waals surface area contributed by atoms with Crippen LogP contribution < -0.4 is 0 Å². The van der Waals surface area contributed by atoms with Crippen LogP contribution in [0.15, 0.2) is 48.5 Å². The molecule has 37 heavy (non-hydrogen) atoms. The molecule has 0 N–H and O–H groups in total. The summed E-state index contributed by atoms with van der Waals surface area (Å²) in [7, 11) is 0. The second-order valence-corrected chi connectivity index (χ2v) is 9.68. The number of halogens is 5. The van der Waals surface area contributed by atoms with E-state index in [0.717, 1.165) is 23.3 Å². The van der Waals surface area contributed by atoms with E-state index in [2.05, 4.69) is 11.1 Å². The Morgan fingerprint density at radius 1 is 1.08 bits per heavy atom. The van der Waals surface area contributed by atoms with E-state index in [-0.39, 0.29) is 55.9 Å². The first-order valence-corrected chi connectivity index (χ1v) is 12.2. The van der Waals surface area contributed by atoms with E-state index < -0.39 is 11.7 Å². The van der Waals surface area contributed by atoms with Crippen LogP contribution in [0.3, 0.4) is 0 Å². The molecule has 0 fully saturated rings. The van der Waals surface area contributed by atoms with Crippen LogP contribution in [0.1, 0.15) is 51.0 Å². The molecule has 3 aromatic carbocycles. The van der Waals surface area contributed by atoms with E-state index >= 15 is 0 Å². The van der Waals surface area contributed by atoms with Gasteiger partial charge < -0.3 is 9.53 Å². The smallest absolute Gasteiger partial charge is 0.372 e. The van der Waals surface area contributed by atoms with Crippen molar-refractivity contribution in [3.05, 3.63) is 98.3 Å². The summed E-state index contributed by atoms with van der Waals surface area (Å²) in [6.07, 6.45) is -3.92. The van der Waals surface area contributed by atoms with E-state index in [1.165, 1.54) is 23.5 Å². The van der Waals surface area contributed by atoms with Gasteiger partial charge in [-0.05, 0) is 48.2 Å². The fourth-order valence-electron chi connectivity index (χ4n) is 3.35. The van der Waals surface area contributed by atoms with Crippen molar-refractivity contribution in [1.82, 2.24) is 4.98 Å². The van der Waals surface area contributed by atoms with E-state index in [9.17, 15) is 22.4 Å². The Kier molecular flexibility index (Phi) is 11.8.